The summed E-state index contributed by atoms with van der Waals surface area (Å²) in [7, 11) is 0. The molecule has 1 aliphatic heterocycles. The number of rotatable bonds is 3. The van der Waals surface area contributed by atoms with Gasteiger partial charge in [0.05, 0.1) is 0 Å². The van der Waals surface area contributed by atoms with Gasteiger partial charge in [0, 0.05) is 28.3 Å². The third-order valence-corrected chi connectivity index (χ3v) is 7.38. The highest BCUT2D eigenvalue weighted by Crippen LogP contribution is 2.63. The molecule has 0 spiro atoms. The summed E-state index contributed by atoms with van der Waals surface area (Å²) in [5.74, 6) is 2.98. The summed E-state index contributed by atoms with van der Waals surface area (Å²) in [6.07, 6.45) is 10.3. The molecule has 1 heterocycles. The fourth-order valence-corrected chi connectivity index (χ4v) is 6.90. The van der Waals surface area contributed by atoms with E-state index in [1.165, 1.54) is 61.8 Å². The lowest BCUT2D eigenvalue weighted by molar-refractivity contribution is -0.108. The Morgan fingerprint density at radius 3 is 2.33 bits per heavy atom. The fraction of sp³-hybridized carbons (Fsp3) is 0.591. The van der Waals surface area contributed by atoms with Crippen LogP contribution in [0.5, 0.6) is 0 Å². The summed E-state index contributed by atoms with van der Waals surface area (Å²) in [4.78, 5) is 12.3. The molecular weight excluding hydrogens is 294 g/mol. The van der Waals surface area contributed by atoms with Gasteiger partial charge in [-0.05, 0) is 74.3 Å². The number of aldehydes is 1. The minimum Gasteiger partial charge on any atom is -0.358 e. The van der Waals surface area contributed by atoms with Crippen LogP contribution in [0, 0.1) is 23.2 Å². The number of para-hydroxylation sites is 1. The van der Waals surface area contributed by atoms with Crippen molar-refractivity contribution >= 4 is 12.0 Å². The molecule has 1 N–H and O–H groups in total. The maximum Gasteiger partial charge on any atom is 0.148 e. The summed E-state index contributed by atoms with van der Waals surface area (Å²) < 4.78 is 0. The number of hydrogen-bond acceptors (Lipinski definition) is 2. The highest BCUT2D eigenvalue weighted by Gasteiger charge is 2.53. The Kier molecular flexibility index (Phi) is 3.20. The van der Waals surface area contributed by atoms with Crippen LogP contribution < -0.4 is 5.32 Å². The van der Waals surface area contributed by atoms with E-state index in [0.29, 0.717) is 5.92 Å². The zero-order chi connectivity index (χ0) is 16.3. The molecule has 1 atom stereocenters. The number of allylic oxidation sites excluding steroid dienone is 2. The largest absolute Gasteiger partial charge is 0.358 e. The quantitative estimate of drug-likeness (QED) is 0.606. The number of carbonyl (C=O) groups excluding carboxylic acids is 1. The number of nitrogens with one attached hydrogen (secondary N) is 1. The number of fused-ring (bicyclic) bond motifs is 1. The van der Waals surface area contributed by atoms with Gasteiger partial charge < -0.3 is 5.32 Å². The zero-order valence-electron chi connectivity index (χ0n) is 14.6. The van der Waals surface area contributed by atoms with Crippen LogP contribution in [0.15, 0.2) is 35.5 Å². The van der Waals surface area contributed by atoms with Crippen LogP contribution in [-0.2, 0) is 4.79 Å². The van der Waals surface area contributed by atoms with Crippen molar-refractivity contribution in [2.24, 2.45) is 23.2 Å². The standard InChI is InChI=1S/C22H27NO/c1-2-17-18-5-3-4-6-20(18)23-21(17)19(13-24)22-10-14-7-15(11-22)9-16(8-14)12-22/h3-6,13-17,23H,2,7-12H2,1H3. The average Bonchev–Trinajstić information content (AvgIpc) is 2.92. The Bertz CT molecular complexity index is 681. The molecule has 126 valence electrons. The average molecular weight is 321 g/mol. The summed E-state index contributed by atoms with van der Waals surface area (Å²) in [6.45, 7) is 2.25. The normalized spacial score (nSPS) is 41.0. The minimum absolute atomic E-state index is 0.175. The van der Waals surface area contributed by atoms with Crippen molar-refractivity contribution in [3.63, 3.8) is 0 Å². The van der Waals surface area contributed by atoms with Crippen molar-refractivity contribution in [3.8, 4) is 0 Å². The Hall–Kier alpha value is -1.57. The van der Waals surface area contributed by atoms with Crippen LogP contribution in [0.3, 0.4) is 0 Å². The second kappa shape index (κ2) is 5.21. The van der Waals surface area contributed by atoms with Crippen LogP contribution in [0.25, 0.3) is 0 Å². The van der Waals surface area contributed by atoms with Crippen molar-refractivity contribution in [2.45, 2.75) is 57.8 Å². The van der Waals surface area contributed by atoms with E-state index in [1.807, 2.05) is 0 Å². The first kappa shape index (κ1) is 14.7. The van der Waals surface area contributed by atoms with Crippen molar-refractivity contribution in [1.82, 2.24) is 0 Å². The van der Waals surface area contributed by atoms with Crippen LogP contribution >= 0.6 is 0 Å². The maximum atomic E-state index is 12.3. The Morgan fingerprint density at radius 2 is 1.75 bits per heavy atom. The van der Waals surface area contributed by atoms with E-state index in [-0.39, 0.29) is 5.41 Å². The first-order valence-electron chi connectivity index (χ1n) is 9.78. The molecule has 4 saturated carbocycles. The lowest BCUT2D eigenvalue weighted by Crippen LogP contribution is -2.47. The lowest BCUT2D eigenvalue weighted by atomic mass is 9.47. The summed E-state index contributed by atoms with van der Waals surface area (Å²) >= 11 is 0. The highest BCUT2D eigenvalue weighted by molar-refractivity contribution is 5.81. The molecule has 4 fully saturated rings. The Balaban J connectivity index is 1.61. The molecule has 4 bridgehead atoms. The van der Waals surface area contributed by atoms with Gasteiger partial charge in [-0.15, -0.1) is 0 Å². The number of carbonyl (C=O) groups is 1. The Morgan fingerprint density at radius 1 is 1.12 bits per heavy atom. The van der Waals surface area contributed by atoms with Crippen LogP contribution in [0.2, 0.25) is 0 Å². The van der Waals surface area contributed by atoms with Crippen LogP contribution in [0.1, 0.15) is 63.4 Å². The zero-order valence-corrected chi connectivity index (χ0v) is 14.6. The van der Waals surface area contributed by atoms with Gasteiger partial charge >= 0.3 is 0 Å². The molecule has 0 saturated heterocycles. The van der Waals surface area contributed by atoms with Gasteiger partial charge in [0.1, 0.15) is 6.29 Å². The molecule has 1 unspecified atom stereocenters. The molecule has 4 aliphatic carbocycles. The summed E-state index contributed by atoms with van der Waals surface area (Å²) in [6, 6.07) is 8.60. The molecule has 6 rings (SSSR count). The lowest BCUT2D eigenvalue weighted by Gasteiger charge is -2.57. The van der Waals surface area contributed by atoms with Crippen molar-refractivity contribution in [1.29, 1.82) is 0 Å². The highest BCUT2D eigenvalue weighted by atomic mass is 16.1. The summed E-state index contributed by atoms with van der Waals surface area (Å²) in [5, 5.41) is 3.66. The third kappa shape index (κ3) is 1.98. The van der Waals surface area contributed by atoms with Gasteiger partial charge in [-0.3, -0.25) is 4.79 Å². The Labute approximate surface area is 144 Å². The van der Waals surface area contributed by atoms with E-state index >= 15 is 0 Å². The van der Waals surface area contributed by atoms with Crippen molar-refractivity contribution in [2.75, 3.05) is 5.32 Å². The molecule has 24 heavy (non-hydrogen) atoms. The molecule has 0 aromatic heterocycles. The van der Waals surface area contributed by atoms with Crippen molar-refractivity contribution in [3.05, 3.63) is 41.1 Å². The molecule has 1 aromatic carbocycles. The van der Waals surface area contributed by atoms with Gasteiger partial charge in [-0.1, -0.05) is 25.1 Å². The van der Waals surface area contributed by atoms with Gasteiger partial charge in [0.2, 0.25) is 0 Å². The first-order chi connectivity index (χ1) is 11.7. The third-order valence-electron chi connectivity index (χ3n) is 7.38. The predicted molar refractivity (Wildman–Crippen MR) is 96.8 cm³/mol. The number of anilines is 1. The second-order valence-electron chi connectivity index (χ2n) is 8.82. The van der Waals surface area contributed by atoms with Crippen LogP contribution in [-0.4, -0.2) is 6.29 Å². The molecule has 5 aliphatic rings. The maximum absolute atomic E-state index is 12.3. The van der Waals surface area contributed by atoms with E-state index in [4.69, 9.17) is 0 Å². The number of benzene rings is 1. The molecule has 0 radical (unpaired) electrons. The monoisotopic (exact) mass is 321 g/mol. The van der Waals surface area contributed by atoms with Crippen molar-refractivity contribution < 1.29 is 4.79 Å². The smallest absolute Gasteiger partial charge is 0.148 e. The molecule has 2 heteroatoms. The number of hydrogen-bond donors (Lipinski definition) is 1. The van der Waals surface area contributed by atoms with E-state index in [0.717, 1.165) is 29.7 Å². The summed E-state index contributed by atoms with van der Waals surface area (Å²) in [5.41, 5.74) is 5.12. The minimum atomic E-state index is 0.175. The fourth-order valence-electron chi connectivity index (χ4n) is 6.90. The van der Waals surface area contributed by atoms with E-state index in [2.05, 4.69) is 36.5 Å². The van der Waals surface area contributed by atoms with Gasteiger partial charge in [-0.2, -0.15) is 0 Å². The molecular formula is C22H27NO. The molecule has 0 amide bonds. The van der Waals surface area contributed by atoms with E-state index in [1.54, 1.807) is 0 Å². The predicted octanol–water partition coefficient (Wildman–Crippen LogP) is 5.28. The van der Waals surface area contributed by atoms with E-state index in [9.17, 15) is 4.79 Å². The molecule has 1 aromatic rings. The molecule has 2 nitrogen and oxygen atoms in total. The van der Waals surface area contributed by atoms with E-state index < -0.39 is 0 Å². The van der Waals surface area contributed by atoms with Gasteiger partial charge in [0.15, 0.2) is 0 Å². The first-order valence-corrected chi connectivity index (χ1v) is 9.78. The topological polar surface area (TPSA) is 29.1 Å². The second-order valence-corrected chi connectivity index (χ2v) is 8.82. The van der Waals surface area contributed by atoms with Gasteiger partial charge in [0.25, 0.3) is 0 Å². The van der Waals surface area contributed by atoms with Crippen LogP contribution in [0.4, 0.5) is 5.69 Å². The van der Waals surface area contributed by atoms with Gasteiger partial charge in [-0.25, -0.2) is 0 Å². The SMILES string of the molecule is CCC1C(=C(C=O)C23CC4CC(CC(C4)C2)C3)Nc2ccccc21.